The van der Waals surface area contributed by atoms with Gasteiger partial charge in [-0.05, 0) is 18.2 Å². The van der Waals surface area contributed by atoms with Crippen LogP contribution in [0, 0.1) is 12.3 Å². The monoisotopic (exact) mass is 224 g/mol. The van der Waals surface area contributed by atoms with Crippen molar-refractivity contribution < 1.29 is 8.42 Å². The Labute approximate surface area is 89.5 Å². The zero-order chi connectivity index (χ0) is 11.3. The van der Waals surface area contributed by atoms with Crippen LogP contribution in [0.15, 0.2) is 24.3 Å². The predicted octanol–water partition coefficient (Wildman–Crippen LogP) is 0.368. The van der Waals surface area contributed by atoms with Gasteiger partial charge >= 0.3 is 0 Å². The van der Waals surface area contributed by atoms with Gasteiger partial charge in [0.05, 0.1) is 5.75 Å². The summed E-state index contributed by atoms with van der Waals surface area (Å²) in [7, 11) is -3.41. The second-order valence-electron chi connectivity index (χ2n) is 3.02. The minimum Gasteiger partial charge on any atom is -0.384 e. The Bertz CT molecular complexity index is 474. The van der Waals surface area contributed by atoms with Crippen LogP contribution in [0.2, 0.25) is 0 Å². The van der Waals surface area contributed by atoms with Crippen LogP contribution in [0.4, 0.5) is 5.69 Å². The van der Waals surface area contributed by atoms with Crippen LogP contribution < -0.4 is 10.5 Å². The molecule has 1 aromatic carbocycles. The molecule has 0 saturated heterocycles. The standard InChI is InChI=1S/C10H12N2O2S/c1-2-9-4-3-5-10(8-9)12-6-7-15(11,13)14/h1,3-5,8,12H,6-7H2,(H2,11,13,14). The first-order valence-corrected chi connectivity index (χ1v) is 6.04. The van der Waals surface area contributed by atoms with Crippen molar-refractivity contribution in [2.24, 2.45) is 5.14 Å². The van der Waals surface area contributed by atoms with Gasteiger partial charge in [0, 0.05) is 17.8 Å². The van der Waals surface area contributed by atoms with Crippen LogP contribution in [0.3, 0.4) is 0 Å². The minimum atomic E-state index is -3.41. The average Bonchev–Trinajstić information content (AvgIpc) is 2.16. The highest BCUT2D eigenvalue weighted by Gasteiger charge is 2.01. The van der Waals surface area contributed by atoms with E-state index in [0.29, 0.717) is 0 Å². The first-order chi connectivity index (χ1) is 7.01. The highest BCUT2D eigenvalue weighted by Crippen LogP contribution is 2.08. The third-order valence-corrected chi connectivity index (χ3v) is 2.52. The number of anilines is 1. The summed E-state index contributed by atoms with van der Waals surface area (Å²) >= 11 is 0. The molecule has 0 spiro atoms. The summed E-state index contributed by atoms with van der Waals surface area (Å²) in [5.74, 6) is 2.39. The summed E-state index contributed by atoms with van der Waals surface area (Å²) in [6.45, 7) is 0.271. The second kappa shape index (κ2) is 4.82. The number of nitrogens with two attached hydrogens (primary N) is 1. The Kier molecular flexibility index (Phi) is 3.72. The van der Waals surface area contributed by atoms with Gasteiger partial charge in [0.2, 0.25) is 10.0 Å². The van der Waals surface area contributed by atoms with Gasteiger partial charge < -0.3 is 5.32 Å². The Morgan fingerprint density at radius 1 is 1.47 bits per heavy atom. The minimum absolute atomic E-state index is 0.104. The van der Waals surface area contributed by atoms with Crippen LogP contribution >= 0.6 is 0 Å². The highest BCUT2D eigenvalue weighted by atomic mass is 32.2. The summed E-state index contributed by atoms with van der Waals surface area (Å²) in [5, 5.41) is 7.78. The molecule has 0 fully saturated rings. The molecule has 15 heavy (non-hydrogen) atoms. The summed E-state index contributed by atoms with van der Waals surface area (Å²) in [6, 6.07) is 7.17. The number of nitrogens with one attached hydrogen (secondary N) is 1. The van der Waals surface area contributed by atoms with Gasteiger partial charge in [-0.2, -0.15) is 0 Å². The lowest BCUT2D eigenvalue weighted by Crippen LogP contribution is -2.22. The van der Waals surface area contributed by atoms with Gasteiger partial charge in [0.25, 0.3) is 0 Å². The molecular weight excluding hydrogens is 212 g/mol. The first-order valence-electron chi connectivity index (χ1n) is 4.32. The average molecular weight is 224 g/mol. The van der Waals surface area contributed by atoms with Crippen LogP contribution in [0.1, 0.15) is 5.56 Å². The van der Waals surface area contributed by atoms with Gasteiger partial charge in [-0.1, -0.05) is 12.0 Å². The van der Waals surface area contributed by atoms with Gasteiger partial charge in [-0.3, -0.25) is 0 Å². The molecular formula is C10H12N2O2S. The molecule has 0 saturated carbocycles. The molecule has 0 aromatic heterocycles. The van der Waals surface area contributed by atoms with Crippen molar-refractivity contribution in [1.82, 2.24) is 0 Å². The van der Waals surface area contributed by atoms with Crippen molar-refractivity contribution in [2.45, 2.75) is 0 Å². The van der Waals surface area contributed by atoms with Crippen molar-refractivity contribution in [3.05, 3.63) is 29.8 Å². The van der Waals surface area contributed by atoms with E-state index in [1.54, 1.807) is 18.2 Å². The molecule has 0 unspecified atom stereocenters. The molecule has 3 N–H and O–H groups in total. The molecule has 0 aliphatic carbocycles. The lowest BCUT2D eigenvalue weighted by atomic mass is 10.2. The van der Waals surface area contributed by atoms with Gasteiger partial charge in [0.1, 0.15) is 0 Å². The number of primary sulfonamides is 1. The first kappa shape index (κ1) is 11.6. The predicted molar refractivity (Wildman–Crippen MR) is 60.8 cm³/mol. The molecule has 1 aromatic rings. The van der Waals surface area contributed by atoms with Gasteiger partial charge in [0.15, 0.2) is 0 Å². The van der Waals surface area contributed by atoms with Crippen molar-refractivity contribution in [1.29, 1.82) is 0 Å². The number of sulfonamides is 1. The van der Waals surface area contributed by atoms with E-state index in [1.807, 2.05) is 6.07 Å². The summed E-state index contributed by atoms with van der Waals surface area (Å²) in [4.78, 5) is 0. The number of hydrogen-bond acceptors (Lipinski definition) is 3. The smallest absolute Gasteiger partial charge is 0.210 e. The van der Waals surface area contributed by atoms with Gasteiger partial charge in [-0.25, -0.2) is 13.6 Å². The van der Waals surface area contributed by atoms with E-state index < -0.39 is 10.0 Å². The van der Waals surface area contributed by atoms with Crippen molar-refractivity contribution in [3.8, 4) is 12.3 Å². The Morgan fingerprint density at radius 3 is 2.80 bits per heavy atom. The maximum absolute atomic E-state index is 10.6. The zero-order valence-electron chi connectivity index (χ0n) is 8.10. The summed E-state index contributed by atoms with van der Waals surface area (Å²) in [5.41, 5.74) is 1.53. The van der Waals surface area contributed by atoms with E-state index in [0.717, 1.165) is 11.3 Å². The second-order valence-corrected chi connectivity index (χ2v) is 4.75. The Balaban J connectivity index is 2.55. The molecule has 0 bridgehead atoms. The molecule has 0 radical (unpaired) electrons. The fourth-order valence-electron chi connectivity index (χ4n) is 1.06. The van der Waals surface area contributed by atoms with E-state index in [1.165, 1.54) is 0 Å². The maximum Gasteiger partial charge on any atom is 0.210 e. The molecule has 0 atom stereocenters. The van der Waals surface area contributed by atoms with Crippen LogP contribution in [0.5, 0.6) is 0 Å². The zero-order valence-corrected chi connectivity index (χ0v) is 8.92. The lowest BCUT2D eigenvalue weighted by molar-refractivity contribution is 0.598. The molecule has 0 aliphatic heterocycles. The third-order valence-electron chi connectivity index (χ3n) is 1.74. The largest absolute Gasteiger partial charge is 0.384 e. The molecule has 5 heteroatoms. The summed E-state index contributed by atoms with van der Waals surface area (Å²) in [6.07, 6.45) is 5.22. The third kappa shape index (κ3) is 4.49. The van der Waals surface area contributed by atoms with Gasteiger partial charge in [-0.15, -0.1) is 6.42 Å². The van der Waals surface area contributed by atoms with Crippen molar-refractivity contribution in [3.63, 3.8) is 0 Å². The molecule has 0 aliphatic rings. The topological polar surface area (TPSA) is 72.2 Å². The summed E-state index contributed by atoms with van der Waals surface area (Å²) < 4.78 is 21.3. The fourth-order valence-corrected chi connectivity index (χ4v) is 1.44. The lowest BCUT2D eigenvalue weighted by Gasteiger charge is -2.05. The van der Waals surface area contributed by atoms with E-state index in [9.17, 15) is 8.42 Å². The van der Waals surface area contributed by atoms with Crippen LogP contribution in [-0.4, -0.2) is 20.7 Å². The molecule has 80 valence electrons. The fraction of sp³-hybridized carbons (Fsp3) is 0.200. The van der Waals surface area contributed by atoms with Crippen LogP contribution in [-0.2, 0) is 10.0 Å². The molecule has 0 amide bonds. The number of benzene rings is 1. The van der Waals surface area contributed by atoms with E-state index in [-0.39, 0.29) is 12.3 Å². The molecule has 4 nitrogen and oxygen atoms in total. The molecule has 1 rings (SSSR count). The Hall–Kier alpha value is -1.51. The maximum atomic E-state index is 10.6. The van der Waals surface area contributed by atoms with Crippen LogP contribution in [0.25, 0.3) is 0 Å². The highest BCUT2D eigenvalue weighted by molar-refractivity contribution is 7.89. The van der Waals surface area contributed by atoms with E-state index >= 15 is 0 Å². The quantitative estimate of drug-likeness (QED) is 0.726. The normalized spacial score (nSPS) is 10.7. The van der Waals surface area contributed by atoms with E-state index in [2.05, 4.69) is 11.2 Å². The Morgan fingerprint density at radius 2 is 2.20 bits per heavy atom. The number of hydrogen-bond donors (Lipinski definition) is 2. The van der Waals surface area contributed by atoms with Crippen molar-refractivity contribution in [2.75, 3.05) is 17.6 Å². The molecule has 0 heterocycles. The number of rotatable bonds is 4. The number of terminal acetylenes is 1. The SMILES string of the molecule is C#Cc1cccc(NCCS(N)(=O)=O)c1. The van der Waals surface area contributed by atoms with E-state index in [4.69, 9.17) is 11.6 Å². The van der Waals surface area contributed by atoms with Crippen molar-refractivity contribution >= 4 is 15.7 Å².